The third-order valence-electron chi connectivity index (χ3n) is 2.61. The Morgan fingerprint density at radius 1 is 1.30 bits per heavy atom. The second-order valence-electron chi connectivity index (χ2n) is 5.99. The number of carbonyl (C=O) groups excluding carboxylic acids is 2. The van der Waals surface area contributed by atoms with E-state index in [1.165, 1.54) is 11.8 Å². The first-order valence-electron chi connectivity index (χ1n) is 7.28. The number of thioether (sulfide) groups is 1. The smallest absolute Gasteiger partial charge is 0.407 e. The molecule has 23 heavy (non-hydrogen) atoms. The van der Waals surface area contributed by atoms with Crippen molar-refractivity contribution < 1.29 is 14.3 Å². The van der Waals surface area contributed by atoms with Crippen LogP contribution in [0.4, 0.5) is 10.5 Å². The Bertz CT molecular complexity index is 559. The van der Waals surface area contributed by atoms with E-state index >= 15 is 0 Å². The lowest BCUT2D eigenvalue weighted by Gasteiger charge is -2.19. The van der Waals surface area contributed by atoms with Crippen LogP contribution >= 0.6 is 23.4 Å². The van der Waals surface area contributed by atoms with Gasteiger partial charge in [0.1, 0.15) is 5.60 Å². The van der Waals surface area contributed by atoms with Crippen molar-refractivity contribution in [1.82, 2.24) is 5.32 Å². The highest BCUT2D eigenvalue weighted by Gasteiger charge is 2.15. The van der Waals surface area contributed by atoms with Gasteiger partial charge < -0.3 is 15.4 Å². The molecule has 0 aliphatic heterocycles. The van der Waals surface area contributed by atoms with Crippen molar-refractivity contribution in [3.05, 3.63) is 28.8 Å². The lowest BCUT2D eigenvalue weighted by molar-refractivity contribution is -0.113. The number of alkyl carbamates (subject to hydrolysis) is 1. The van der Waals surface area contributed by atoms with E-state index < -0.39 is 11.7 Å². The number of rotatable bonds is 6. The van der Waals surface area contributed by atoms with Crippen molar-refractivity contribution in [2.24, 2.45) is 0 Å². The molecule has 0 fully saturated rings. The number of halogens is 1. The number of ether oxygens (including phenoxy) is 1. The van der Waals surface area contributed by atoms with E-state index in [0.717, 1.165) is 11.3 Å². The fraction of sp³-hybridized carbons (Fsp3) is 0.500. The summed E-state index contributed by atoms with van der Waals surface area (Å²) in [6.45, 7) is 7.77. The van der Waals surface area contributed by atoms with E-state index in [9.17, 15) is 9.59 Å². The Morgan fingerprint density at radius 3 is 2.61 bits per heavy atom. The normalized spacial score (nSPS) is 11.0. The lowest BCUT2D eigenvalue weighted by atomic mass is 10.2. The zero-order valence-electron chi connectivity index (χ0n) is 13.9. The van der Waals surface area contributed by atoms with Crippen LogP contribution in [0.5, 0.6) is 0 Å². The van der Waals surface area contributed by atoms with Crippen molar-refractivity contribution in [3.63, 3.8) is 0 Å². The molecule has 0 aromatic heterocycles. The highest BCUT2D eigenvalue weighted by atomic mass is 35.5. The Labute approximate surface area is 146 Å². The summed E-state index contributed by atoms with van der Waals surface area (Å²) in [7, 11) is 0. The van der Waals surface area contributed by atoms with Gasteiger partial charge in [-0.05, 0) is 51.5 Å². The standard InChI is InChI=1S/C16H23ClN2O3S/c1-11-9-12(17)5-6-13(11)19-14(20)10-23-8-7-18-15(21)22-16(2,3)4/h5-6,9H,7-8,10H2,1-4H3,(H,18,21)(H,19,20). The van der Waals surface area contributed by atoms with E-state index in [-0.39, 0.29) is 5.91 Å². The fourth-order valence-corrected chi connectivity index (χ4v) is 2.53. The van der Waals surface area contributed by atoms with Crippen LogP contribution in [0.15, 0.2) is 18.2 Å². The molecule has 0 bridgehead atoms. The minimum absolute atomic E-state index is 0.0855. The summed E-state index contributed by atoms with van der Waals surface area (Å²) in [5.74, 6) is 0.863. The largest absolute Gasteiger partial charge is 0.444 e. The summed E-state index contributed by atoms with van der Waals surface area (Å²) in [6.07, 6.45) is -0.445. The van der Waals surface area contributed by atoms with Crippen molar-refractivity contribution in [3.8, 4) is 0 Å². The Morgan fingerprint density at radius 2 is 2.00 bits per heavy atom. The van der Waals surface area contributed by atoms with Crippen molar-refractivity contribution in [1.29, 1.82) is 0 Å². The molecule has 7 heteroatoms. The second kappa shape index (κ2) is 9.03. The van der Waals surface area contributed by atoms with Crippen LogP contribution in [-0.4, -0.2) is 35.7 Å². The molecule has 0 saturated heterocycles. The minimum atomic E-state index is -0.506. The predicted octanol–water partition coefficient (Wildman–Crippen LogP) is 3.84. The maximum absolute atomic E-state index is 11.9. The quantitative estimate of drug-likeness (QED) is 0.758. The minimum Gasteiger partial charge on any atom is -0.444 e. The van der Waals surface area contributed by atoms with Gasteiger partial charge in [0.15, 0.2) is 0 Å². The summed E-state index contributed by atoms with van der Waals surface area (Å²) in [6, 6.07) is 5.32. The van der Waals surface area contributed by atoms with Gasteiger partial charge in [0.2, 0.25) is 5.91 Å². The zero-order valence-corrected chi connectivity index (χ0v) is 15.4. The third-order valence-corrected chi connectivity index (χ3v) is 3.80. The van der Waals surface area contributed by atoms with Gasteiger partial charge in [-0.25, -0.2) is 4.79 Å². The van der Waals surface area contributed by atoms with Gasteiger partial charge in [0.25, 0.3) is 0 Å². The van der Waals surface area contributed by atoms with Crippen LogP contribution in [0.3, 0.4) is 0 Å². The summed E-state index contributed by atoms with van der Waals surface area (Å²) in [4.78, 5) is 23.3. The zero-order chi connectivity index (χ0) is 17.5. The van der Waals surface area contributed by atoms with Gasteiger partial charge in [-0.15, -0.1) is 0 Å². The molecule has 1 aromatic rings. The number of hydrogen-bond donors (Lipinski definition) is 2. The number of anilines is 1. The number of amides is 2. The van der Waals surface area contributed by atoms with Crippen molar-refractivity contribution in [2.45, 2.75) is 33.3 Å². The molecule has 2 amide bonds. The average molecular weight is 359 g/mol. The fourth-order valence-electron chi connectivity index (χ4n) is 1.66. The van der Waals surface area contributed by atoms with E-state index in [1.54, 1.807) is 18.2 Å². The monoisotopic (exact) mass is 358 g/mol. The van der Waals surface area contributed by atoms with Crippen molar-refractivity contribution >= 4 is 41.1 Å². The summed E-state index contributed by atoms with van der Waals surface area (Å²) >= 11 is 7.32. The molecule has 0 aliphatic carbocycles. The summed E-state index contributed by atoms with van der Waals surface area (Å²) in [5, 5.41) is 6.13. The maximum atomic E-state index is 11.9. The van der Waals surface area contributed by atoms with Gasteiger partial charge in [0.05, 0.1) is 5.75 Å². The van der Waals surface area contributed by atoms with Gasteiger partial charge in [0, 0.05) is 23.0 Å². The van der Waals surface area contributed by atoms with Crippen LogP contribution in [0.25, 0.3) is 0 Å². The molecule has 0 saturated carbocycles. The third kappa shape index (κ3) is 8.71. The van der Waals surface area contributed by atoms with Crippen LogP contribution in [0.1, 0.15) is 26.3 Å². The number of aryl methyl sites for hydroxylation is 1. The van der Waals surface area contributed by atoms with Crippen LogP contribution in [0, 0.1) is 6.92 Å². The highest BCUT2D eigenvalue weighted by Crippen LogP contribution is 2.19. The first-order valence-corrected chi connectivity index (χ1v) is 8.81. The number of hydrogen-bond acceptors (Lipinski definition) is 4. The Balaban J connectivity index is 2.21. The molecule has 0 heterocycles. The topological polar surface area (TPSA) is 67.4 Å². The maximum Gasteiger partial charge on any atom is 0.407 e. The lowest BCUT2D eigenvalue weighted by Crippen LogP contribution is -2.33. The van der Waals surface area contributed by atoms with Crippen molar-refractivity contribution in [2.75, 3.05) is 23.4 Å². The first kappa shape index (κ1) is 19.6. The molecule has 0 spiro atoms. The molecule has 0 atom stereocenters. The molecule has 2 N–H and O–H groups in total. The summed E-state index contributed by atoms with van der Waals surface area (Å²) in [5.41, 5.74) is 1.17. The number of benzene rings is 1. The molecule has 1 aromatic carbocycles. The average Bonchev–Trinajstić information content (AvgIpc) is 2.39. The first-order chi connectivity index (χ1) is 10.7. The molecular weight excluding hydrogens is 336 g/mol. The molecule has 0 unspecified atom stereocenters. The molecule has 0 aliphatic rings. The molecule has 1 rings (SSSR count). The molecule has 128 valence electrons. The summed E-state index contributed by atoms with van der Waals surface area (Å²) < 4.78 is 5.12. The molecular formula is C16H23ClN2O3S. The van der Waals surface area contributed by atoms with Gasteiger partial charge in [-0.2, -0.15) is 11.8 Å². The Hall–Kier alpha value is -1.40. The van der Waals surface area contributed by atoms with E-state index in [4.69, 9.17) is 16.3 Å². The second-order valence-corrected chi connectivity index (χ2v) is 7.53. The van der Waals surface area contributed by atoms with Gasteiger partial charge in [-0.1, -0.05) is 11.6 Å². The Kier molecular flexibility index (Phi) is 7.72. The van der Waals surface area contributed by atoms with Crippen LogP contribution in [0.2, 0.25) is 5.02 Å². The van der Waals surface area contributed by atoms with Gasteiger partial charge >= 0.3 is 6.09 Å². The predicted molar refractivity (Wildman–Crippen MR) is 96.4 cm³/mol. The number of nitrogens with one attached hydrogen (secondary N) is 2. The van der Waals surface area contributed by atoms with E-state index in [1.807, 2.05) is 27.7 Å². The highest BCUT2D eigenvalue weighted by molar-refractivity contribution is 7.99. The van der Waals surface area contributed by atoms with E-state index in [0.29, 0.717) is 23.1 Å². The van der Waals surface area contributed by atoms with E-state index in [2.05, 4.69) is 10.6 Å². The molecule has 5 nitrogen and oxygen atoms in total. The SMILES string of the molecule is Cc1cc(Cl)ccc1NC(=O)CSCCNC(=O)OC(C)(C)C. The van der Waals surface area contributed by atoms with Gasteiger partial charge in [-0.3, -0.25) is 4.79 Å². The van der Waals surface area contributed by atoms with Crippen LogP contribution < -0.4 is 10.6 Å². The number of carbonyl (C=O) groups is 2. The van der Waals surface area contributed by atoms with Crippen LogP contribution in [-0.2, 0) is 9.53 Å². The molecule has 0 radical (unpaired) electrons.